The molecule has 0 spiro atoms. The predicted molar refractivity (Wildman–Crippen MR) is 120 cm³/mol. The fourth-order valence-corrected chi connectivity index (χ4v) is 4.59. The minimum Gasteiger partial charge on any atom is -0.474 e. The number of aromatic nitrogens is 2. The number of urea groups is 1. The predicted octanol–water partition coefficient (Wildman–Crippen LogP) is 4.31. The highest BCUT2D eigenvalue weighted by atomic mass is 32.1. The maximum atomic E-state index is 13.1. The molecule has 1 unspecified atom stereocenters. The zero-order valence-electron chi connectivity index (χ0n) is 19.0. The Labute approximate surface area is 206 Å². The number of amides is 2. The van der Waals surface area contributed by atoms with Gasteiger partial charge in [0.2, 0.25) is 5.82 Å². The number of nitrogens with one attached hydrogen (secondary N) is 2. The second kappa shape index (κ2) is 10.7. The van der Waals surface area contributed by atoms with Gasteiger partial charge in [-0.2, -0.15) is 30.7 Å². The first kappa shape index (κ1) is 26.3. The molecule has 2 aromatic rings. The average molecular weight is 539 g/mol. The van der Waals surface area contributed by atoms with E-state index in [1.807, 2.05) is 4.90 Å². The Balaban J connectivity index is 1.35. The van der Waals surface area contributed by atoms with Gasteiger partial charge in [0.25, 0.3) is 5.88 Å². The maximum absolute atomic E-state index is 13.1. The number of anilines is 2. The van der Waals surface area contributed by atoms with Crippen molar-refractivity contribution in [2.45, 2.75) is 25.2 Å². The number of alkyl halides is 6. The molecule has 3 heterocycles. The summed E-state index contributed by atoms with van der Waals surface area (Å²) < 4.78 is 92.9. The first-order valence-corrected chi connectivity index (χ1v) is 12.0. The zero-order valence-corrected chi connectivity index (χ0v) is 19.8. The van der Waals surface area contributed by atoms with Gasteiger partial charge in [0.1, 0.15) is 0 Å². The molecule has 2 fully saturated rings. The Morgan fingerprint density at radius 1 is 1.06 bits per heavy atom. The Bertz CT molecular complexity index is 1020. The Kier molecular flexibility index (Phi) is 7.78. The lowest BCUT2D eigenvalue weighted by Crippen LogP contribution is -2.50. The molecule has 198 valence electrons. The van der Waals surface area contributed by atoms with Gasteiger partial charge in [0, 0.05) is 44.3 Å². The van der Waals surface area contributed by atoms with Crippen LogP contribution in [0.5, 0.6) is 5.88 Å². The molecule has 2 amide bonds. The zero-order chi connectivity index (χ0) is 25.9. The first-order valence-electron chi connectivity index (χ1n) is 11.3. The summed E-state index contributed by atoms with van der Waals surface area (Å²) >= 11 is 1.00. The summed E-state index contributed by atoms with van der Waals surface area (Å²) in [5.74, 6) is 1.34. The lowest BCUT2D eigenvalue weighted by molar-refractivity contribution is -0.143. The molecular weight excluding hydrogens is 514 g/mol. The summed E-state index contributed by atoms with van der Waals surface area (Å²) in [7, 11) is 0. The van der Waals surface area contributed by atoms with Crippen LogP contribution >= 0.6 is 11.7 Å². The normalized spacial score (nSPS) is 19.3. The third-order valence-electron chi connectivity index (χ3n) is 6.00. The van der Waals surface area contributed by atoms with Crippen molar-refractivity contribution >= 4 is 29.3 Å². The largest absolute Gasteiger partial charge is 0.474 e. The summed E-state index contributed by atoms with van der Waals surface area (Å²) in [4.78, 5) is 15.8. The Morgan fingerprint density at radius 2 is 1.72 bits per heavy atom. The van der Waals surface area contributed by atoms with Crippen molar-refractivity contribution in [3.05, 3.63) is 29.3 Å². The minimum absolute atomic E-state index is 0.0146. The van der Waals surface area contributed by atoms with E-state index in [0.717, 1.165) is 37.7 Å². The van der Waals surface area contributed by atoms with Crippen LogP contribution in [0.3, 0.4) is 0 Å². The summed E-state index contributed by atoms with van der Waals surface area (Å²) in [5.41, 5.74) is -3.57. The second-order valence-corrected chi connectivity index (χ2v) is 9.14. The van der Waals surface area contributed by atoms with Gasteiger partial charge in [-0.25, -0.2) is 4.79 Å². The highest BCUT2D eigenvalue weighted by molar-refractivity contribution is 6.99. The lowest BCUT2D eigenvalue weighted by atomic mass is 10.0. The van der Waals surface area contributed by atoms with Crippen molar-refractivity contribution in [2.24, 2.45) is 5.92 Å². The van der Waals surface area contributed by atoms with Crippen LogP contribution in [0.1, 0.15) is 24.0 Å². The average Bonchev–Trinajstić information content (AvgIpc) is 3.31. The third-order valence-corrected chi connectivity index (χ3v) is 6.50. The van der Waals surface area contributed by atoms with Crippen molar-refractivity contribution in [3.8, 4) is 5.88 Å². The van der Waals surface area contributed by atoms with Crippen LogP contribution in [0.2, 0.25) is 0 Å². The maximum Gasteiger partial charge on any atom is 0.416 e. The number of carbonyl (C=O) groups excluding carboxylic acids is 1. The third kappa shape index (κ3) is 6.49. The molecule has 15 heteroatoms. The van der Waals surface area contributed by atoms with Crippen LogP contribution < -0.4 is 20.3 Å². The number of rotatable bonds is 5. The molecule has 1 aromatic carbocycles. The van der Waals surface area contributed by atoms with Gasteiger partial charge in [-0.3, -0.25) is 0 Å². The lowest BCUT2D eigenvalue weighted by Gasteiger charge is -2.35. The molecule has 1 aromatic heterocycles. The van der Waals surface area contributed by atoms with Gasteiger partial charge in [-0.1, -0.05) is 0 Å². The molecule has 2 aliphatic rings. The smallest absolute Gasteiger partial charge is 0.416 e. The molecule has 1 atom stereocenters. The fourth-order valence-electron chi connectivity index (χ4n) is 4.07. The van der Waals surface area contributed by atoms with E-state index >= 15 is 0 Å². The minimum atomic E-state index is -5.00. The van der Waals surface area contributed by atoms with Gasteiger partial charge < -0.3 is 25.2 Å². The van der Waals surface area contributed by atoms with E-state index in [2.05, 4.69) is 19.4 Å². The second-order valence-electron chi connectivity index (χ2n) is 8.62. The molecule has 2 N–H and O–H groups in total. The number of halogens is 6. The highest BCUT2D eigenvalue weighted by Crippen LogP contribution is 2.37. The quantitative estimate of drug-likeness (QED) is 0.553. The van der Waals surface area contributed by atoms with Gasteiger partial charge in [0.15, 0.2) is 0 Å². The Morgan fingerprint density at radius 3 is 2.31 bits per heavy atom. The number of hydrogen-bond donors (Lipinski definition) is 2. The van der Waals surface area contributed by atoms with Crippen LogP contribution in [0.25, 0.3) is 0 Å². The molecule has 0 aliphatic carbocycles. The first-order chi connectivity index (χ1) is 17.0. The molecule has 2 aliphatic heterocycles. The molecule has 0 saturated carbocycles. The molecule has 2 saturated heterocycles. The van der Waals surface area contributed by atoms with Crippen LogP contribution in [0.15, 0.2) is 18.2 Å². The van der Waals surface area contributed by atoms with Crippen molar-refractivity contribution in [2.75, 3.05) is 56.1 Å². The van der Waals surface area contributed by atoms with Crippen molar-refractivity contribution in [3.63, 3.8) is 0 Å². The number of carbonyl (C=O) groups is 1. The number of hydrogen-bond acceptors (Lipinski definition) is 7. The van der Waals surface area contributed by atoms with Gasteiger partial charge in [-0.15, -0.1) is 4.37 Å². The van der Waals surface area contributed by atoms with E-state index in [4.69, 9.17) is 4.74 Å². The van der Waals surface area contributed by atoms with E-state index in [1.165, 1.54) is 4.90 Å². The number of benzene rings is 1. The van der Waals surface area contributed by atoms with Crippen LogP contribution in [0.4, 0.5) is 42.6 Å². The van der Waals surface area contributed by atoms with Crippen molar-refractivity contribution in [1.29, 1.82) is 0 Å². The highest BCUT2D eigenvalue weighted by Gasteiger charge is 2.37. The summed E-state index contributed by atoms with van der Waals surface area (Å²) in [6.07, 6.45) is -7.86. The number of piperazine rings is 1. The Hall–Kier alpha value is -2.81. The van der Waals surface area contributed by atoms with E-state index < -0.39 is 35.2 Å². The number of piperidine rings is 1. The molecule has 0 radical (unpaired) electrons. The topological polar surface area (TPSA) is 82.6 Å². The molecule has 0 bridgehead atoms. The summed E-state index contributed by atoms with van der Waals surface area (Å²) in [5, 5.41) is 5.48. The van der Waals surface area contributed by atoms with Crippen LogP contribution in [-0.4, -0.2) is 65.6 Å². The van der Waals surface area contributed by atoms with Gasteiger partial charge >= 0.3 is 18.4 Å². The fraction of sp³-hybridized carbons (Fsp3) is 0.571. The van der Waals surface area contributed by atoms with E-state index in [9.17, 15) is 31.1 Å². The monoisotopic (exact) mass is 538 g/mol. The van der Waals surface area contributed by atoms with E-state index in [1.54, 1.807) is 0 Å². The van der Waals surface area contributed by atoms with Crippen LogP contribution in [0, 0.1) is 5.92 Å². The summed E-state index contributed by atoms with van der Waals surface area (Å²) in [6.45, 7) is 3.42. The van der Waals surface area contributed by atoms with Crippen molar-refractivity contribution in [1.82, 2.24) is 19.0 Å². The molecule has 8 nitrogen and oxygen atoms in total. The van der Waals surface area contributed by atoms with Crippen LogP contribution in [-0.2, 0) is 12.4 Å². The van der Waals surface area contributed by atoms with E-state index in [-0.39, 0.29) is 19.2 Å². The molecule has 36 heavy (non-hydrogen) atoms. The standard InChI is InChI=1S/C21H24F6N6O2S/c22-20(23,24)14-8-15(21(25,26)27)10-16(9-14)29-19(34)33-6-4-32(5-7-33)17-18(31-36-30-17)35-12-13-2-1-3-28-11-13/h8-10,13,28H,1-7,11-12H2,(H,29,34). The summed E-state index contributed by atoms with van der Waals surface area (Å²) in [6, 6.07) is 0.187. The van der Waals surface area contributed by atoms with Crippen molar-refractivity contribution < 1.29 is 35.9 Å². The number of nitrogens with zero attached hydrogens (tertiary/aromatic N) is 4. The van der Waals surface area contributed by atoms with Gasteiger partial charge in [-0.05, 0) is 37.6 Å². The van der Waals surface area contributed by atoms with Gasteiger partial charge in [0.05, 0.1) is 29.5 Å². The molecular formula is C21H24F6N6O2S. The SMILES string of the molecule is O=C(Nc1cc(C(F)(F)F)cc(C(F)(F)F)c1)N1CCN(c2nsnc2OCC2CCCNC2)CC1. The van der Waals surface area contributed by atoms with E-state index in [0.29, 0.717) is 49.4 Å². The molecule has 4 rings (SSSR count). The number of ether oxygens (including phenoxy) is 1.